The van der Waals surface area contributed by atoms with Crippen molar-refractivity contribution in [3.05, 3.63) is 38.9 Å². The number of rotatable bonds is 7. The number of carbonyl (C=O) groups excluding carboxylic acids is 1. The van der Waals surface area contributed by atoms with Crippen LogP contribution in [0.4, 0.5) is 5.69 Å². The summed E-state index contributed by atoms with van der Waals surface area (Å²) in [5.74, 6) is -0.466. The third-order valence-corrected chi connectivity index (χ3v) is 3.22. The van der Waals surface area contributed by atoms with E-state index in [1.165, 1.54) is 23.1 Å². The zero-order chi connectivity index (χ0) is 15.1. The topological polar surface area (TPSA) is 83.7 Å². The van der Waals surface area contributed by atoms with E-state index in [2.05, 4.69) is 0 Å². The maximum atomic E-state index is 12.2. The molecule has 0 unspecified atom stereocenters. The number of benzene rings is 1. The lowest BCUT2D eigenvalue weighted by atomic mass is 10.1. The molecule has 0 aliphatic rings. The van der Waals surface area contributed by atoms with E-state index in [0.29, 0.717) is 13.0 Å². The van der Waals surface area contributed by atoms with Crippen molar-refractivity contribution >= 4 is 23.2 Å². The van der Waals surface area contributed by atoms with Crippen LogP contribution in [0.5, 0.6) is 0 Å². The fraction of sp³-hybridized carbons (Fsp3) is 0.462. The molecule has 0 aliphatic heterocycles. The highest BCUT2D eigenvalue weighted by molar-refractivity contribution is 6.34. The molecule has 0 aromatic heterocycles. The largest absolute Gasteiger partial charge is 0.396 e. The summed E-state index contributed by atoms with van der Waals surface area (Å²) in [5.41, 5.74) is -0.367. The highest BCUT2D eigenvalue weighted by atomic mass is 35.5. The van der Waals surface area contributed by atoms with Gasteiger partial charge < -0.3 is 10.0 Å². The number of halogens is 1. The smallest absolute Gasteiger partial charge is 0.283 e. The van der Waals surface area contributed by atoms with Gasteiger partial charge >= 0.3 is 0 Å². The maximum Gasteiger partial charge on any atom is 0.283 e. The SMILES string of the molecule is CN(CCCCCO)C(=O)c1c(Cl)cccc1[N+](=O)[O-]. The highest BCUT2D eigenvalue weighted by Gasteiger charge is 2.25. The van der Waals surface area contributed by atoms with E-state index < -0.39 is 10.8 Å². The van der Waals surface area contributed by atoms with Gasteiger partial charge in [-0.1, -0.05) is 17.7 Å². The van der Waals surface area contributed by atoms with Gasteiger partial charge in [-0.05, 0) is 25.3 Å². The van der Waals surface area contributed by atoms with Crippen LogP contribution in [0.25, 0.3) is 0 Å². The van der Waals surface area contributed by atoms with Gasteiger partial charge in [-0.3, -0.25) is 14.9 Å². The average molecular weight is 301 g/mol. The minimum Gasteiger partial charge on any atom is -0.396 e. The molecular weight excluding hydrogens is 284 g/mol. The molecule has 20 heavy (non-hydrogen) atoms. The normalized spacial score (nSPS) is 10.3. The first kappa shape index (κ1) is 16.4. The van der Waals surface area contributed by atoms with E-state index in [-0.39, 0.29) is 22.9 Å². The van der Waals surface area contributed by atoms with Gasteiger partial charge in [0.05, 0.1) is 9.95 Å². The monoisotopic (exact) mass is 300 g/mol. The van der Waals surface area contributed by atoms with Crippen molar-refractivity contribution in [2.24, 2.45) is 0 Å². The molecule has 1 aromatic rings. The van der Waals surface area contributed by atoms with Crippen LogP contribution in [0.15, 0.2) is 18.2 Å². The second-order valence-electron chi connectivity index (χ2n) is 4.40. The second-order valence-corrected chi connectivity index (χ2v) is 4.81. The van der Waals surface area contributed by atoms with Crippen LogP contribution < -0.4 is 0 Å². The number of hydrogen-bond acceptors (Lipinski definition) is 4. The summed E-state index contributed by atoms with van der Waals surface area (Å²) >= 11 is 5.91. The van der Waals surface area contributed by atoms with Gasteiger partial charge in [0.1, 0.15) is 5.56 Å². The molecule has 0 radical (unpaired) electrons. The van der Waals surface area contributed by atoms with Crippen LogP contribution in [0.1, 0.15) is 29.6 Å². The Morgan fingerprint density at radius 3 is 2.70 bits per heavy atom. The summed E-state index contributed by atoms with van der Waals surface area (Å²) in [6.07, 6.45) is 2.19. The minimum absolute atomic E-state index is 0.0754. The molecule has 0 fully saturated rings. The zero-order valence-corrected chi connectivity index (χ0v) is 12.0. The third-order valence-electron chi connectivity index (χ3n) is 2.90. The molecule has 0 bridgehead atoms. The highest BCUT2D eigenvalue weighted by Crippen LogP contribution is 2.27. The molecule has 1 amide bonds. The Morgan fingerprint density at radius 2 is 2.10 bits per heavy atom. The molecular formula is C13H17ClN2O4. The Morgan fingerprint density at radius 1 is 1.40 bits per heavy atom. The summed E-state index contributed by atoms with van der Waals surface area (Å²) in [4.78, 5) is 24.0. The molecule has 1 rings (SSSR count). The summed E-state index contributed by atoms with van der Waals surface area (Å²) in [6, 6.07) is 4.17. The Bertz CT molecular complexity index is 493. The molecule has 0 aliphatic carbocycles. The van der Waals surface area contributed by atoms with E-state index in [4.69, 9.17) is 16.7 Å². The van der Waals surface area contributed by atoms with E-state index in [9.17, 15) is 14.9 Å². The molecule has 1 aromatic carbocycles. The van der Waals surface area contributed by atoms with E-state index in [1.54, 1.807) is 7.05 Å². The van der Waals surface area contributed by atoms with Gasteiger partial charge in [-0.15, -0.1) is 0 Å². The molecule has 6 nitrogen and oxygen atoms in total. The fourth-order valence-electron chi connectivity index (χ4n) is 1.81. The van der Waals surface area contributed by atoms with Crippen molar-refractivity contribution in [3.8, 4) is 0 Å². The van der Waals surface area contributed by atoms with E-state index in [1.807, 2.05) is 0 Å². The quantitative estimate of drug-likeness (QED) is 0.476. The molecule has 0 saturated carbocycles. The van der Waals surface area contributed by atoms with Gasteiger partial charge in [0, 0.05) is 26.3 Å². The number of nitrogens with zero attached hydrogens (tertiary/aromatic N) is 2. The minimum atomic E-state index is -0.612. The molecule has 0 heterocycles. The van der Waals surface area contributed by atoms with Crippen molar-refractivity contribution in [1.82, 2.24) is 4.90 Å². The lowest BCUT2D eigenvalue weighted by molar-refractivity contribution is -0.385. The van der Waals surface area contributed by atoms with Crippen molar-refractivity contribution < 1.29 is 14.8 Å². The number of carbonyl (C=O) groups is 1. The lowest BCUT2D eigenvalue weighted by Crippen LogP contribution is -2.28. The predicted octanol–water partition coefficient (Wildman–Crippen LogP) is 2.48. The zero-order valence-electron chi connectivity index (χ0n) is 11.2. The molecule has 7 heteroatoms. The van der Waals surface area contributed by atoms with Crippen LogP contribution >= 0.6 is 11.6 Å². The van der Waals surface area contributed by atoms with Crippen molar-refractivity contribution in [3.63, 3.8) is 0 Å². The number of unbranched alkanes of at least 4 members (excludes halogenated alkanes) is 2. The number of nitro benzene ring substituents is 1. The molecule has 110 valence electrons. The first-order valence-electron chi connectivity index (χ1n) is 6.28. The molecule has 0 atom stereocenters. The first-order chi connectivity index (χ1) is 9.49. The van der Waals surface area contributed by atoms with Crippen LogP contribution in [-0.4, -0.2) is 41.0 Å². The van der Waals surface area contributed by atoms with Crippen molar-refractivity contribution in [1.29, 1.82) is 0 Å². The van der Waals surface area contributed by atoms with Gasteiger partial charge in [0.2, 0.25) is 0 Å². The lowest BCUT2D eigenvalue weighted by Gasteiger charge is -2.17. The standard InChI is InChI=1S/C13H17ClN2O4/c1-15(8-3-2-4-9-17)13(18)12-10(14)6-5-7-11(12)16(19)20/h5-7,17H,2-4,8-9H2,1H3. The van der Waals surface area contributed by atoms with Gasteiger partial charge in [-0.25, -0.2) is 0 Å². The second kappa shape index (κ2) is 7.81. The van der Waals surface area contributed by atoms with Gasteiger partial charge in [0.25, 0.3) is 11.6 Å². The van der Waals surface area contributed by atoms with Gasteiger partial charge in [0.15, 0.2) is 0 Å². The average Bonchev–Trinajstić information content (AvgIpc) is 2.42. The predicted molar refractivity (Wildman–Crippen MR) is 76.0 cm³/mol. The maximum absolute atomic E-state index is 12.2. The third kappa shape index (κ3) is 4.18. The van der Waals surface area contributed by atoms with Crippen LogP contribution in [-0.2, 0) is 0 Å². The number of hydrogen-bond donors (Lipinski definition) is 1. The number of nitro groups is 1. The summed E-state index contributed by atoms with van der Waals surface area (Å²) < 4.78 is 0. The van der Waals surface area contributed by atoms with E-state index >= 15 is 0 Å². The fourth-order valence-corrected chi connectivity index (χ4v) is 2.06. The Labute approximate surface area is 122 Å². The number of aliphatic hydroxyl groups excluding tert-OH is 1. The van der Waals surface area contributed by atoms with Crippen molar-refractivity contribution in [2.75, 3.05) is 20.2 Å². The van der Waals surface area contributed by atoms with Crippen LogP contribution in [0.2, 0.25) is 5.02 Å². The van der Waals surface area contributed by atoms with Gasteiger partial charge in [-0.2, -0.15) is 0 Å². The first-order valence-corrected chi connectivity index (χ1v) is 6.66. The number of amides is 1. The summed E-state index contributed by atoms with van der Waals surface area (Å²) in [6.45, 7) is 0.578. The molecule has 1 N–H and O–H groups in total. The Hall–Kier alpha value is -1.66. The van der Waals surface area contributed by atoms with E-state index in [0.717, 1.165) is 12.8 Å². The van der Waals surface area contributed by atoms with Crippen LogP contribution in [0.3, 0.4) is 0 Å². The number of aliphatic hydroxyl groups is 1. The summed E-state index contributed by atoms with van der Waals surface area (Å²) in [7, 11) is 1.58. The molecule has 0 saturated heterocycles. The Kier molecular flexibility index (Phi) is 6.41. The molecule has 0 spiro atoms. The Balaban J connectivity index is 2.83. The van der Waals surface area contributed by atoms with Crippen molar-refractivity contribution in [2.45, 2.75) is 19.3 Å². The summed E-state index contributed by atoms with van der Waals surface area (Å²) in [5, 5.41) is 19.7. The van der Waals surface area contributed by atoms with Crippen LogP contribution in [0, 0.1) is 10.1 Å².